The van der Waals surface area contributed by atoms with Gasteiger partial charge in [-0.25, -0.2) is 0 Å². The van der Waals surface area contributed by atoms with Crippen LogP contribution in [0.1, 0.15) is 233 Å². The minimum absolute atomic E-state index is 0.640. The molecule has 1 unspecified atom stereocenters. The van der Waals surface area contributed by atoms with E-state index in [0.717, 1.165) is 0 Å². The average Bonchev–Trinajstić information content (AvgIpc) is 3.40. The standard InChI is InChI=1S/C41H82N2/c1-4-7-10-13-16-18-19-20-21-22-23-24-25-27-29-32-35-38-43-40-39-42(37-34-31-15-12-9-6-3)41(43)36-33-30-28-26-17-14-11-8-5-2/h39-41H,4-38H2,1-3H3. The third-order valence-corrected chi connectivity index (χ3v) is 10.1. The van der Waals surface area contributed by atoms with E-state index >= 15 is 0 Å². The molecule has 256 valence electrons. The van der Waals surface area contributed by atoms with E-state index in [1.165, 1.54) is 225 Å². The molecule has 0 saturated heterocycles. The van der Waals surface area contributed by atoms with Crippen LogP contribution in [0.2, 0.25) is 0 Å². The number of hydrogen-bond donors (Lipinski definition) is 0. The maximum Gasteiger partial charge on any atom is 0.101 e. The van der Waals surface area contributed by atoms with Crippen molar-refractivity contribution in [3.05, 3.63) is 12.4 Å². The van der Waals surface area contributed by atoms with Crippen LogP contribution in [0, 0.1) is 0 Å². The van der Waals surface area contributed by atoms with Gasteiger partial charge in [-0.05, 0) is 25.7 Å². The van der Waals surface area contributed by atoms with Crippen LogP contribution in [-0.4, -0.2) is 29.1 Å². The van der Waals surface area contributed by atoms with Crippen LogP contribution in [0.15, 0.2) is 12.4 Å². The van der Waals surface area contributed by atoms with Gasteiger partial charge in [0.05, 0.1) is 0 Å². The molecule has 0 saturated carbocycles. The molecule has 1 aliphatic rings. The van der Waals surface area contributed by atoms with Crippen molar-refractivity contribution in [3.63, 3.8) is 0 Å². The molecule has 0 aliphatic carbocycles. The number of hydrogen-bond acceptors (Lipinski definition) is 2. The Kier molecular flexibility index (Phi) is 30.7. The fourth-order valence-electron chi connectivity index (χ4n) is 7.07. The highest BCUT2D eigenvalue weighted by molar-refractivity contribution is 4.97. The van der Waals surface area contributed by atoms with Crippen molar-refractivity contribution in [2.24, 2.45) is 0 Å². The summed E-state index contributed by atoms with van der Waals surface area (Å²) in [7, 11) is 0. The minimum atomic E-state index is 0.640. The smallest absolute Gasteiger partial charge is 0.101 e. The van der Waals surface area contributed by atoms with Crippen molar-refractivity contribution in [1.82, 2.24) is 9.80 Å². The Morgan fingerprint density at radius 2 is 0.535 bits per heavy atom. The number of rotatable bonds is 35. The summed E-state index contributed by atoms with van der Waals surface area (Å²) >= 11 is 0. The van der Waals surface area contributed by atoms with Gasteiger partial charge < -0.3 is 9.80 Å². The molecule has 1 atom stereocenters. The van der Waals surface area contributed by atoms with Crippen LogP contribution in [-0.2, 0) is 0 Å². The lowest BCUT2D eigenvalue weighted by molar-refractivity contribution is 0.135. The van der Waals surface area contributed by atoms with E-state index in [1.54, 1.807) is 0 Å². The second-order valence-corrected chi connectivity index (χ2v) is 14.3. The molecule has 0 amide bonds. The van der Waals surface area contributed by atoms with E-state index in [1.807, 2.05) is 0 Å². The van der Waals surface area contributed by atoms with E-state index < -0.39 is 0 Å². The van der Waals surface area contributed by atoms with Crippen molar-refractivity contribution in [1.29, 1.82) is 0 Å². The Hall–Kier alpha value is -0.660. The van der Waals surface area contributed by atoms with Crippen molar-refractivity contribution in [2.45, 2.75) is 239 Å². The zero-order chi connectivity index (χ0) is 30.9. The molecule has 0 aromatic carbocycles. The predicted octanol–water partition coefficient (Wildman–Crippen LogP) is 14.3. The number of nitrogens with zero attached hydrogens (tertiary/aromatic N) is 2. The van der Waals surface area contributed by atoms with Gasteiger partial charge in [-0.2, -0.15) is 0 Å². The summed E-state index contributed by atoms with van der Waals surface area (Å²) in [5, 5.41) is 0. The molecule has 0 bridgehead atoms. The van der Waals surface area contributed by atoms with Crippen LogP contribution in [0.4, 0.5) is 0 Å². The molecule has 0 N–H and O–H groups in total. The fourth-order valence-corrected chi connectivity index (χ4v) is 7.07. The second kappa shape index (κ2) is 32.7. The van der Waals surface area contributed by atoms with E-state index in [4.69, 9.17) is 0 Å². The van der Waals surface area contributed by atoms with Crippen molar-refractivity contribution in [2.75, 3.05) is 13.1 Å². The van der Waals surface area contributed by atoms with Gasteiger partial charge in [0.1, 0.15) is 6.17 Å². The molecule has 2 heteroatoms. The lowest BCUT2D eigenvalue weighted by atomic mass is 10.0. The maximum atomic E-state index is 2.72. The Bertz CT molecular complexity index is 558. The molecule has 1 rings (SSSR count). The van der Waals surface area contributed by atoms with E-state index in [-0.39, 0.29) is 0 Å². The van der Waals surface area contributed by atoms with Gasteiger partial charge >= 0.3 is 0 Å². The highest BCUT2D eigenvalue weighted by Crippen LogP contribution is 2.24. The van der Waals surface area contributed by atoms with E-state index in [9.17, 15) is 0 Å². The molecule has 0 radical (unpaired) electrons. The quantitative estimate of drug-likeness (QED) is 0.0666. The molecular weight excluding hydrogens is 520 g/mol. The van der Waals surface area contributed by atoms with Crippen molar-refractivity contribution < 1.29 is 0 Å². The van der Waals surface area contributed by atoms with Crippen LogP contribution in [0.5, 0.6) is 0 Å². The van der Waals surface area contributed by atoms with Crippen molar-refractivity contribution >= 4 is 0 Å². The van der Waals surface area contributed by atoms with Crippen LogP contribution in [0.3, 0.4) is 0 Å². The highest BCUT2D eigenvalue weighted by Gasteiger charge is 2.24. The van der Waals surface area contributed by atoms with Gasteiger partial charge in [-0.1, -0.05) is 207 Å². The van der Waals surface area contributed by atoms with Crippen molar-refractivity contribution in [3.8, 4) is 0 Å². The van der Waals surface area contributed by atoms with Gasteiger partial charge in [-0.15, -0.1) is 0 Å². The molecule has 0 fully saturated rings. The largest absolute Gasteiger partial charge is 0.356 e. The zero-order valence-corrected chi connectivity index (χ0v) is 30.4. The summed E-state index contributed by atoms with van der Waals surface area (Å²) in [6.07, 6.45) is 52.9. The lowest BCUT2D eigenvalue weighted by Gasteiger charge is -2.33. The first-order valence-corrected chi connectivity index (χ1v) is 20.5. The predicted molar refractivity (Wildman–Crippen MR) is 196 cm³/mol. The third kappa shape index (κ3) is 25.2. The molecule has 43 heavy (non-hydrogen) atoms. The summed E-state index contributed by atoms with van der Waals surface area (Å²) in [5.74, 6) is 0. The highest BCUT2D eigenvalue weighted by atomic mass is 15.4. The Morgan fingerprint density at radius 1 is 0.302 bits per heavy atom. The Labute approximate surface area is 273 Å². The molecule has 1 heterocycles. The first-order chi connectivity index (χ1) is 21.3. The molecule has 2 nitrogen and oxygen atoms in total. The normalized spacial score (nSPS) is 14.9. The van der Waals surface area contributed by atoms with Gasteiger partial charge in [0.25, 0.3) is 0 Å². The van der Waals surface area contributed by atoms with Crippen LogP contribution in [0.25, 0.3) is 0 Å². The molecule has 0 spiro atoms. The summed E-state index contributed by atoms with van der Waals surface area (Å²) in [5.41, 5.74) is 0. The Morgan fingerprint density at radius 3 is 0.814 bits per heavy atom. The summed E-state index contributed by atoms with van der Waals surface area (Å²) < 4.78 is 0. The van der Waals surface area contributed by atoms with Gasteiger partial charge in [0, 0.05) is 25.5 Å². The molecule has 1 aliphatic heterocycles. The summed E-state index contributed by atoms with van der Waals surface area (Å²) in [4.78, 5) is 5.42. The molecule has 0 aromatic rings. The monoisotopic (exact) mass is 603 g/mol. The van der Waals surface area contributed by atoms with E-state index in [0.29, 0.717) is 6.17 Å². The topological polar surface area (TPSA) is 6.48 Å². The third-order valence-electron chi connectivity index (χ3n) is 10.1. The number of unbranched alkanes of at least 4 members (excludes halogenated alkanes) is 29. The molecular formula is C41H82N2. The fraction of sp³-hybridized carbons (Fsp3) is 0.951. The van der Waals surface area contributed by atoms with Gasteiger partial charge in [0.15, 0.2) is 0 Å². The second-order valence-electron chi connectivity index (χ2n) is 14.3. The first-order valence-electron chi connectivity index (χ1n) is 20.5. The lowest BCUT2D eigenvalue weighted by Crippen LogP contribution is -2.39. The minimum Gasteiger partial charge on any atom is -0.356 e. The van der Waals surface area contributed by atoms with Gasteiger partial charge in [0.2, 0.25) is 0 Å². The first kappa shape index (κ1) is 40.4. The van der Waals surface area contributed by atoms with Crippen LogP contribution < -0.4 is 0 Å². The van der Waals surface area contributed by atoms with E-state index in [2.05, 4.69) is 43.0 Å². The maximum absolute atomic E-state index is 2.72. The average molecular weight is 603 g/mol. The summed E-state index contributed by atoms with van der Waals surface area (Å²) in [6, 6.07) is 0. The molecule has 0 aromatic heterocycles. The van der Waals surface area contributed by atoms with Crippen LogP contribution >= 0.6 is 0 Å². The Balaban J connectivity index is 2.12. The SMILES string of the molecule is CCCCCCCCCCCCCCCCCCCN1C=CN(CCCCCCCC)C1CCCCCCCCCCC. The zero-order valence-electron chi connectivity index (χ0n) is 30.4. The summed E-state index contributed by atoms with van der Waals surface area (Å²) in [6.45, 7) is 9.48. The van der Waals surface area contributed by atoms with Gasteiger partial charge in [-0.3, -0.25) is 0 Å².